The van der Waals surface area contributed by atoms with Crippen LogP contribution >= 0.6 is 0 Å². The van der Waals surface area contributed by atoms with Gasteiger partial charge in [0.05, 0.1) is 10.6 Å². The molecule has 2 aromatic carbocycles. The van der Waals surface area contributed by atoms with Crippen LogP contribution in [0.5, 0.6) is 5.75 Å². The molecule has 0 radical (unpaired) electrons. The lowest BCUT2D eigenvalue weighted by atomic mass is 10.2. The second-order valence-electron chi connectivity index (χ2n) is 5.93. The Hall–Kier alpha value is -2.38. The van der Waals surface area contributed by atoms with E-state index in [0.29, 0.717) is 17.7 Å². The van der Waals surface area contributed by atoms with Crippen LogP contribution in [0.3, 0.4) is 0 Å². The maximum absolute atomic E-state index is 12.2. The van der Waals surface area contributed by atoms with Crippen LogP contribution in [0, 0.1) is 6.92 Å². The first-order chi connectivity index (χ1) is 11.7. The van der Waals surface area contributed by atoms with E-state index in [9.17, 15) is 18.3 Å². The molecule has 0 saturated carbocycles. The third-order valence-corrected chi connectivity index (χ3v) is 5.40. The second-order valence-corrected chi connectivity index (χ2v) is 7.64. The van der Waals surface area contributed by atoms with Gasteiger partial charge in [-0.25, -0.2) is 13.1 Å². The van der Waals surface area contributed by atoms with Crippen LogP contribution < -0.4 is 10.0 Å². The summed E-state index contributed by atoms with van der Waals surface area (Å²) >= 11 is 0. The Labute approximate surface area is 147 Å². The predicted molar refractivity (Wildman–Crippen MR) is 97.3 cm³/mol. The number of hydrogen-bond donors (Lipinski definition) is 3. The summed E-state index contributed by atoms with van der Waals surface area (Å²) in [4.78, 5) is 12.3. The van der Waals surface area contributed by atoms with Crippen molar-refractivity contribution >= 4 is 21.6 Å². The Balaban J connectivity index is 2.15. The molecule has 6 nitrogen and oxygen atoms in total. The summed E-state index contributed by atoms with van der Waals surface area (Å²) in [5, 5.41) is 12.4. The van der Waals surface area contributed by atoms with Gasteiger partial charge >= 0.3 is 0 Å². The van der Waals surface area contributed by atoms with Crippen molar-refractivity contribution in [2.24, 2.45) is 0 Å². The number of hydrogen-bond acceptors (Lipinski definition) is 4. The Morgan fingerprint density at radius 1 is 1.16 bits per heavy atom. The zero-order valence-corrected chi connectivity index (χ0v) is 15.2. The first kappa shape index (κ1) is 19.0. The number of aryl methyl sites for hydroxylation is 1. The molecule has 0 bridgehead atoms. The molecule has 7 heteroatoms. The summed E-state index contributed by atoms with van der Waals surface area (Å²) in [5.41, 5.74) is 1.46. The number of phenolic OH excluding ortho intramolecular Hbond substituents is 1. The van der Waals surface area contributed by atoms with Gasteiger partial charge in [-0.1, -0.05) is 13.0 Å². The van der Waals surface area contributed by atoms with E-state index >= 15 is 0 Å². The molecule has 0 saturated heterocycles. The molecule has 0 fully saturated rings. The number of rotatable bonds is 6. The first-order valence-corrected chi connectivity index (χ1v) is 9.44. The van der Waals surface area contributed by atoms with E-state index < -0.39 is 15.9 Å². The quantitative estimate of drug-likeness (QED) is 0.688. The maximum atomic E-state index is 12.2. The molecule has 0 heterocycles. The fraction of sp³-hybridized carbons (Fsp3) is 0.278. The van der Waals surface area contributed by atoms with Crippen LogP contribution in [0.4, 0.5) is 5.69 Å². The molecule has 25 heavy (non-hydrogen) atoms. The van der Waals surface area contributed by atoms with E-state index in [1.807, 2.05) is 13.8 Å². The fourth-order valence-corrected chi connectivity index (χ4v) is 3.47. The van der Waals surface area contributed by atoms with Crippen LogP contribution in [-0.4, -0.2) is 25.5 Å². The largest absolute Gasteiger partial charge is 0.506 e. The molecule has 1 amide bonds. The van der Waals surface area contributed by atoms with Crippen LogP contribution in [0.1, 0.15) is 36.2 Å². The number of benzene rings is 2. The molecule has 0 spiro atoms. The molecular weight excluding hydrogens is 340 g/mol. The Morgan fingerprint density at radius 3 is 2.36 bits per heavy atom. The van der Waals surface area contributed by atoms with Crippen molar-refractivity contribution in [3.05, 3.63) is 53.6 Å². The SMILES string of the molecule is CC[C@H](C)NS(=O)(=O)c1ccc(C(=O)Nc2ccc(C)cc2O)cc1. The topological polar surface area (TPSA) is 95.5 Å². The number of aromatic hydroxyl groups is 1. The van der Waals surface area contributed by atoms with Gasteiger partial charge in [0.2, 0.25) is 10.0 Å². The van der Waals surface area contributed by atoms with Crippen molar-refractivity contribution in [1.29, 1.82) is 0 Å². The number of amides is 1. The molecule has 0 aliphatic rings. The van der Waals surface area contributed by atoms with E-state index in [1.54, 1.807) is 25.1 Å². The highest BCUT2D eigenvalue weighted by Crippen LogP contribution is 2.24. The van der Waals surface area contributed by atoms with Gasteiger partial charge in [0.25, 0.3) is 5.91 Å². The summed E-state index contributed by atoms with van der Waals surface area (Å²) in [7, 11) is -3.61. The number of sulfonamides is 1. The number of anilines is 1. The molecule has 1 atom stereocenters. The average Bonchev–Trinajstić information content (AvgIpc) is 2.57. The van der Waals surface area contributed by atoms with Gasteiger partial charge in [-0.05, 0) is 62.2 Å². The Morgan fingerprint density at radius 2 is 1.80 bits per heavy atom. The van der Waals surface area contributed by atoms with Gasteiger partial charge in [-0.3, -0.25) is 4.79 Å². The normalized spacial score (nSPS) is 12.6. The van der Waals surface area contributed by atoms with E-state index in [1.165, 1.54) is 24.3 Å². The zero-order valence-electron chi connectivity index (χ0n) is 14.4. The molecule has 0 aliphatic heterocycles. The van der Waals surface area contributed by atoms with Gasteiger partial charge in [0, 0.05) is 11.6 Å². The lowest BCUT2D eigenvalue weighted by Crippen LogP contribution is -2.32. The van der Waals surface area contributed by atoms with Gasteiger partial charge in [-0.15, -0.1) is 0 Å². The minimum absolute atomic E-state index is 0.0229. The van der Waals surface area contributed by atoms with E-state index in [-0.39, 0.29) is 16.7 Å². The molecule has 0 aliphatic carbocycles. The van der Waals surface area contributed by atoms with Crippen LogP contribution in [-0.2, 0) is 10.0 Å². The molecule has 2 rings (SSSR count). The summed E-state index contributed by atoms with van der Waals surface area (Å²) in [6, 6.07) is 10.4. The van der Waals surface area contributed by atoms with Crippen molar-refractivity contribution in [3.63, 3.8) is 0 Å². The second kappa shape index (κ2) is 7.67. The monoisotopic (exact) mass is 362 g/mol. The van der Waals surface area contributed by atoms with E-state index in [2.05, 4.69) is 10.0 Å². The molecule has 0 unspecified atom stereocenters. The van der Waals surface area contributed by atoms with Crippen molar-refractivity contribution in [2.45, 2.75) is 38.1 Å². The highest BCUT2D eigenvalue weighted by Gasteiger charge is 2.17. The lowest BCUT2D eigenvalue weighted by Gasteiger charge is -2.12. The third-order valence-electron chi connectivity index (χ3n) is 3.80. The van der Waals surface area contributed by atoms with E-state index in [0.717, 1.165) is 5.56 Å². The fourth-order valence-electron chi connectivity index (χ4n) is 2.14. The molecule has 0 aromatic heterocycles. The minimum Gasteiger partial charge on any atom is -0.506 e. The first-order valence-electron chi connectivity index (χ1n) is 7.96. The van der Waals surface area contributed by atoms with Crippen LogP contribution in [0.25, 0.3) is 0 Å². The van der Waals surface area contributed by atoms with Crippen molar-refractivity contribution in [1.82, 2.24) is 4.72 Å². The summed E-state index contributed by atoms with van der Waals surface area (Å²) in [6.45, 7) is 5.51. The lowest BCUT2D eigenvalue weighted by molar-refractivity contribution is 0.102. The van der Waals surface area contributed by atoms with Crippen LogP contribution in [0.15, 0.2) is 47.4 Å². The Kier molecular flexibility index (Phi) is 5.81. The third kappa shape index (κ3) is 4.80. The van der Waals surface area contributed by atoms with Gasteiger partial charge in [-0.2, -0.15) is 0 Å². The zero-order chi connectivity index (χ0) is 18.6. The van der Waals surface area contributed by atoms with Crippen molar-refractivity contribution in [3.8, 4) is 5.75 Å². The average molecular weight is 362 g/mol. The summed E-state index contributed by atoms with van der Waals surface area (Å²) in [5.74, 6) is -0.455. The molecule has 2 aromatic rings. The number of carbonyl (C=O) groups is 1. The van der Waals surface area contributed by atoms with Gasteiger partial charge in [0.15, 0.2) is 0 Å². The molecule has 134 valence electrons. The van der Waals surface area contributed by atoms with Gasteiger partial charge in [0.1, 0.15) is 5.75 Å². The standard InChI is InChI=1S/C18H22N2O4S/c1-4-13(3)20-25(23,24)15-8-6-14(7-9-15)18(22)19-16-10-5-12(2)11-17(16)21/h5-11,13,20-21H,4H2,1-3H3,(H,19,22)/t13-/m0/s1. The molecular formula is C18H22N2O4S. The number of carbonyl (C=O) groups excluding carboxylic acids is 1. The minimum atomic E-state index is -3.61. The highest BCUT2D eigenvalue weighted by molar-refractivity contribution is 7.89. The summed E-state index contributed by atoms with van der Waals surface area (Å²) in [6.07, 6.45) is 0.680. The smallest absolute Gasteiger partial charge is 0.255 e. The number of nitrogens with one attached hydrogen (secondary N) is 2. The van der Waals surface area contributed by atoms with Crippen LogP contribution in [0.2, 0.25) is 0 Å². The van der Waals surface area contributed by atoms with E-state index in [4.69, 9.17) is 0 Å². The molecule has 3 N–H and O–H groups in total. The predicted octanol–water partition coefficient (Wildman–Crippen LogP) is 3.03. The highest BCUT2D eigenvalue weighted by atomic mass is 32.2. The Bertz CT molecular complexity index is 861. The van der Waals surface area contributed by atoms with Crippen molar-refractivity contribution < 1.29 is 18.3 Å². The van der Waals surface area contributed by atoms with Crippen molar-refractivity contribution in [2.75, 3.05) is 5.32 Å². The van der Waals surface area contributed by atoms with Gasteiger partial charge < -0.3 is 10.4 Å². The summed E-state index contributed by atoms with van der Waals surface area (Å²) < 4.78 is 27.0. The number of phenols is 1. The maximum Gasteiger partial charge on any atom is 0.255 e.